The minimum Gasteiger partial charge on any atom is -0.272 e. The number of hydrogen-bond acceptors (Lipinski definition) is 1. The van der Waals surface area contributed by atoms with Crippen molar-refractivity contribution in [1.29, 1.82) is 0 Å². The molecule has 0 saturated heterocycles. The quantitative estimate of drug-likeness (QED) is 0.456. The largest absolute Gasteiger partial charge is 0.272 e. The van der Waals surface area contributed by atoms with Gasteiger partial charge in [-0.15, -0.1) is 0 Å². The predicted molar refractivity (Wildman–Crippen MR) is 31.8 cm³/mol. The van der Waals surface area contributed by atoms with Crippen molar-refractivity contribution in [3.05, 3.63) is 0 Å². The first-order chi connectivity index (χ1) is 3.72. The Kier molecular flexibility index (Phi) is 1.16. The number of aliphatic imine (C=N–C) groups is 1. The maximum Gasteiger partial charge on any atom is 0.248 e. The van der Waals surface area contributed by atoms with Crippen LogP contribution in [-0.2, 0) is 4.79 Å². The van der Waals surface area contributed by atoms with Crippen LogP contribution in [0.4, 0.5) is 0 Å². The third-order valence-electron chi connectivity index (χ3n) is 1.62. The van der Waals surface area contributed by atoms with E-state index in [1.54, 1.807) is 6.21 Å². The van der Waals surface area contributed by atoms with E-state index in [1.807, 2.05) is 13.8 Å². The van der Waals surface area contributed by atoms with Gasteiger partial charge in [-0.25, -0.2) is 4.99 Å². The Morgan fingerprint density at radius 2 is 2.25 bits per heavy atom. The van der Waals surface area contributed by atoms with Gasteiger partial charge in [-0.2, -0.15) is 0 Å². The third kappa shape index (κ3) is 0.661. The van der Waals surface area contributed by atoms with Crippen LogP contribution >= 0.6 is 0 Å². The summed E-state index contributed by atoms with van der Waals surface area (Å²) in [7, 11) is 0. The lowest BCUT2D eigenvalue weighted by atomic mass is 10.0. The lowest BCUT2D eigenvalue weighted by Gasteiger charge is -2.00. The number of carbonyl (C=O) groups excluding carboxylic acids is 1. The van der Waals surface area contributed by atoms with Crippen molar-refractivity contribution in [1.82, 2.24) is 0 Å². The van der Waals surface area contributed by atoms with E-state index >= 15 is 0 Å². The zero-order valence-corrected chi connectivity index (χ0v) is 5.09. The molecule has 1 rings (SSSR count). The van der Waals surface area contributed by atoms with Crippen molar-refractivity contribution >= 4 is 12.1 Å². The zero-order chi connectivity index (χ0) is 6.15. The second kappa shape index (κ2) is 1.69. The van der Waals surface area contributed by atoms with Gasteiger partial charge in [-0.3, -0.25) is 4.79 Å². The Morgan fingerprint density at radius 1 is 1.62 bits per heavy atom. The highest BCUT2D eigenvalue weighted by molar-refractivity contribution is 5.94. The fraction of sp³-hybridized carbons (Fsp3) is 0.667. The smallest absolute Gasteiger partial charge is 0.248 e. The fourth-order valence-corrected chi connectivity index (χ4v) is 0.663. The van der Waals surface area contributed by atoms with Crippen LogP contribution in [0.3, 0.4) is 0 Å². The molecule has 1 amide bonds. The Labute approximate surface area is 48.6 Å². The van der Waals surface area contributed by atoms with Crippen molar-refractivity contribution < 1.29 is 4.79 Å². The summed E-state index contributed by atoms with van der Waals surface area (Å²) in [5.41, 5.74) is 0. The van der Waals surface area contributed by atoms with E-state index < -0.39 is 0 Å². The standard InChI is InChI=1S/C6H9NO/c1-4-3-7-6(8)5(4)2/h3-5H,1-2H3/t4-,5+/m1/s1. The van der Waals surface area contributed by atoms with E-state index in [2.05, 4.69) is 4.99 Å². The van der Waals surface area contributed by atoms with Crippen molar-refractivity contribution in [2.24, 2.45) is 16.8 Å². The third-order valence-corrected chi connectivity index (χ3v) is 1.62. The summed E-state index contributed by atoms with van der Waals surface area (Å²) in [4.78, 5) is 14.2. The number of hydrogen-bond donors (Lipinski definition) is 0. The molecule has 1 heterocycles. The van der Waals surface area contributed by atoms with Crippen molar-refractivity contribution in [3.8, 4) is 0 Å². The monoisotopic (exact) mass is 111 g/mol. The molecule has 0 aromatic carbocycles. The van der Waals surface area contributed by atoms with E-state index in [9.17, 15) is 4.79 Å². The van der Waals surface area contributed by atoms with E-state index in [1.165, 1.54) is 0 Å². The lowest BCUT2D eigenvalue weighted by Crippen LogP contribution is -2.08. The molecule has 1 aliphatic heterocycles. The highest BCUT2D eigenvalue weighted by atomic mass is 16.1. The lowest BCUT2D eigenvalue weighted by molar-refractivity contribution is -0.120. The molecule has 0 aromatic heterocycles. The summed E-state index contributed by atoms with van der Waals surface area (Å²) < 4.78 is 0. The molecule has 0 N–H and O–H groups in total. The number of carbonyl (C=O) groups is 1. The Balaban J connectivity index is 2.69. The maximum absolute atomic E-state index is 10.6. The maximum atomic E-state index is 10.6. The molecule has 0 unspecified atom stereocenters. The molecule has 2 heteroatoms. The number of nitrogens with zero attached hydrogens (tertiary/aromatic N) is 1. The fourth-order valence-electron chi connectivity index (χ4n) is 0.663. The molecule has 0 aliphatic carbocycles. The van der Waals surface area contributed by atoms with Crippen molar-refractivity contribution in [3.63, 3.8) is 0 Å². The summed E-state index contributed by atoms with van der Waals surface area (Å²) in [5.74, 6) is 0.495. The minimum atomic E-state index is 0.0255. The molecular weight excluding hydrogens is 102 g/mol. The minimum absolute atomic E-state index is 0.0255. The molecule has 0 fully saturated rings. The van der Waals surface area contributed by atoms with Gasteiger partial charge in [0.15, 0.2) is 0 Å². The van der Waals surface area contributed by atoms with E-state index in [-0.39, 0.29) is 11.8 Å². The van der Waals surface area contributed by atoms with Gasteiger partial charge in [0, 0.05) is 18.1 Å². The average molecular weight is 111 g/mol. The van der Waals surface area contributed by atoms with Crippen LogP contribution in [0.15, 0.2) is 4.99 Å². The normalized spacial score (nSPS) is 36.5. The highest BCUT2D eigenvalue weighted by Gasteiger charge is 2.22. The molecule has 44 valence electrons. The first-order valence-electron chi connectivity index (χ1n) is 2.80. The Hall–Kier alpha value is -0.660. The molecule has 0 spiro atoms. The Bertz CT molecular complexity index is 139. The first-order valence-corrected chi connectivity index (χ1v) is 2.80. The van der Waals surface area contributed by atoms with Gasteiger partial charge in [0.2, 0.25) is 5.91 Å². The van der Waals surface area contributed by atoms with Crippen LogP contribution in [0, 0.1) is 11.8 Å². The number of rotatable bonds is 0. The molecule has 0 radical (unpaired) electrons. The van der Waals surface area contributed by atoms with Crippen LogP contribution in [-0.4, -0.2) is 12.1 Å². The summed E-state index contributed by atoms with van der Waals surface area (Å²) in [6, 6.07) is 0. The van der Waals surface area contributed by atoms with Gasteiger partial charge in [0.25, 0.3) is 0 Å². The second-order valence-electron chi connectivity index (χ2n) is 2.26. The van der Waals surface area contributed by atoms with Crippen LogP contribution in [0.2, 0.25) is 0 Å². The second-order valence-corrected chi connectivity index (χ2v) is 2.26. The Morgan fingerprint density at radius 3 is 2.38 bits per heavy atom. The molecule has 2 nitrogen and oxygen atoms in total. The average Bonchev–Trinajstić information content (AvgIpc) is 1.98. The van der Waals surface area contributed by atoms with Gasteiger partial charge < -0.3 is 0 Å². The topological polar surface area (TPSA) is 29.4 Å². The van der Waals surface area contributed by atoms with Gasteiger partial charge in [-0.05, 0) is 0 Å². The first kappa shape index (κ1) is 5.48. The molecular formula is C6H9NO. The summed E-state index contributed by atoms with van der Waals surface area (Å²) >= 11 is 0. The van der Waals surface area contributed by atoms with E-state index in [0.29, 0.717) is 5.92 Å². The molecule has 0 bridgehead atoms. The predicted octanol–water partition coefficient (Wildman–Crippen LogP) is 0.870. The van der Waals surface area contributed by atoms with Gasteiger partial charge in [0.05, 0.1) is 0 Å². The summed E-state index contributed by atoms with van der Waals surface area (Å²) in [6.45, 7) is 3.90. The van der Waals surface area contributed by atoms with Crippen LogP contribution in [0.5, 0.6) is 0 Å². The van der Waals surface area contributed by atoms with Gasteiger partial charge in [0.1, 0.15) is 0 Å². The van der Waals surface area contributed by atoms with Crippen LogP contribution < -0.4 is 0 Å². The summed E-state index contributed by atoms with van der Waals surface area (Å²) in [5, 5.41) is 0. The van der Waals surface area contributed by atoms with Crippen LogP contribution in [0.1, 0.15) is 13.8 Å². The van der Waals surface area contributed by atoms with Gasteiger partial charge in [-0.1, -0.05) is 13.8 Å². The van der Waals surface area contributed by atoms with E-state index in [4.69, 9.17) is 0 Å². The molecule has 1 aliphatic rings. The SMILES string of the molecule is C[C@@H]1C=NC(=O)[C@H]1C. The van der Waals surface area contributed by atoms with E-state index in [0.717, 1.165) is 0 Å². The van der Waals surface area contributed by atoms with Crippen LogP contribution in [0.25, 0.3) is 0 Å². The molecule has 0 saturated carbocycles. The molecule has 2 atom stereocenters. The van der Waals surface area contributed by atoms with Crippen molar-refractivity contribution in [2.75, 3.05) is 0 Å². The van der Waals surface area contributed by atoms with Crippen molar-refractivity contribution in [2.45, 2.75) is 13.8 Å². The molecule has 8 heavy (non-hydrogen) atoms. The zero-order valence-electron chi connectivity index (χ0n) is 5.09. The molecule has 0 aromatic rings. The summed E-state index contributed by atoms with van der Waals surface area (Å²) in [6.07, 6.45) is 1.72. The number of amides is 1. The van der Waals surface area contributed by atoms with Gasteiger partial charge >= 0.3 is 0 Å². The highest BCUT2D eigenvalue weighted by Crippen LogP contribution is 2.15.